The van der Waals surface area contributed by atoms with Crippen LogP contribution in [0.5, 0.6) is 5.75 Å². The van der Waals surface area contributed by atoms with E-state index in [4.69, 9.17) is 4.74 Å². The highest BCUT2D eigenvalue weighted by molar-refractivity contribution is 7.85. The minimum Gasteiger partial charge on any atom is -0.493 e. The first-order valence-electron chi connectivity index (χ1n) is 6.98. The summed E-state index contributed by atoms with van der Waals surface area (Å²) in [6, 6.07) is 7.87. The third-order valence-electron chi connectivity index (χ3n) is 3.42. The molecule has 1 aliphatic heterocycles. The van der Waals surface area contributed by atoms with Crippen LogP contribution < -0.4 is 4.74 Å². The molecule has 0 radical (unpaired) electrons. The first kappa shape index (κ1) is 15.0. The Morgan fingerprint density at radius 3 is 2.70 bits per heavy atom. The second kappa shape index (κ2) is 7.43. The molecular formula is C15H21NO3S. The molecule has 1 aromatic carbocycles. The predicted octanol–water partition coefficient (Wildman–Crippen LogP) is 1.74. The number of benzene rings is 1. The molecule has 4 nitrogen and oxygen atoms in total. The molecular weight excluding hydrogens is 274 g/mol. The van der Waals surface area contributed by atoms with E-state index in [0.29, 0.717) is 44.0 Å². The molecule has 0 bridgehead atoms. The highest BCUT2D eigenvalue weighted by Crippen LogP contribution is 2.16. The van der Waals surface area contributed by atoms with Gasteiger partial charge in [-0.2, -0.15) is 0 Å². The average Bonchev–Trinajstić information content (AvgIpc) is 2.46. The number of ether oxygens (including phenoxy) is 1. The molecule has 0 N–H and O–H groups in total. The first-order valence-corrected chi connectivity index (χ1v) is 8.47. The van der Waals surface area contributed by atoms with E-state index in [0.717, 1.165) is 11.3 Å². The highest BCUT2D eigenvalue weighted by atomic mass is 32.2. The van der Waals surface area contributed by atoms with Gasteiger partial charge in [0.05, 0.1) is 6.61 Å². The van der Waals surface area contributed by atoms with Gasteiger partial charge >= 0.3 is 0 Å². The summed E-state index contributed by atoms with van der Waals surface area (Å²) in [4.78, 5) is 13.8. The molecule has 1 saturated heterocycles. The zero-order valence-corrected chi connectivity index (χ0v) is 12.7. The van der Waals surface area contributed by atoms with Crippen molar-refractivity contribution in [2.45, 2.75) is 19.8 Å². The molecule has 0 atom stereocenters. The van der Waals surface area contributed by atoms with Gasteiger partial charge in [0, 0.05) is 41.8 Å². The zero-order chi connectivity index (χ0) is 14.4. The van der Waals surface area contributed by atoms with Crippen LogP contribution in [0.3, 0.4) is 0 Å². The quantitative estimate of drug-likeness (QED) is 0.777. The summed E-state index contributed by atoms with van der Waals surface area (Å²) in [6.07, 6.45) is 1.21. The van der Waals surface area contributed by atoms with E-state index in [1.54, 1.807) is 0 Å². The number of rotatable bonds is 5. The summed E-state index contributed by atoms with van der Waals surface area (Å²) in [5, 5.41) is 0. The molecule has 0 aromatic heterocycles. The third kappa shape index (κ3) is 4.34. The van der Waals surface area contributed by atoms with E-state index in [2.05, 4.69) is 0 Å². The lowest BCUT2D eigenvalue weighted by atomic mass is 10.2. The summed E-state index contributed by atoms with van der Waals surface area (Å²) in [6.45, 7) is 3.82. The van der Waals surface area contributed by atoms with Crippen molar-refractivity contribution in [3.8, 4) is 5.75 Å². The van der Waals surface area contributed by atoms with Gasteiger partial charge in [-0.1, -0.05) is 18.2 Å². The molecule has 0 unspecified atom stereocenters. The molecule has 0 saturated carbocycles. The van der Waals surface area contributed by atoms with Crippen LogP contribution in [0.1, 0.15) is 18.4 Å². The summed E-state index contributed by atoms with van der Waals surface area (Å²) in [5.41, 5.74) is 1.11. The Morgan fingerprint density at radius 2 is 2.00 bits per heavy atom. The molecule has 1 heterocycles. The molecule has 1 fully saturated rings. The van der Waals surface area contributed by atoms with E-state index in [9.17, 15) is 9.00 Å². The SMILES string of the molecule is Cc1ccccc1OCCCC(=O)N1CCS(=O)CC1. The van der Waals surface area contributed by atoms with Crippen molar-refractivity contribution < 1.29 is 13.7 Å². The van der Waals surface area contributed by atoms with Crippen molar-refractivity contribution in [2.75, 3.05) is 31.2 Å². The van der Waals surface area contributed by atoms with Crippen molar-refractivity contribution in [1.29, 1.82) is 0 Å². The normalized spacial score (nSPS) is 16.1. The van der Waals surface area contributed by atoms with Crippen LogP contribution in [0.2, 0.25) is 0 Å². The second-order valence-electron chi connectivity index (χ2n) is 4.95. The van der Waals surface area contributed by atoms with Gasteiger partial charge in [0.2, 0.25) is 5.91 Å². The largest absolute Gasteiger partial charge is 0.493 e. The lowest BCUT2D eigenvalue weighted by molar-refractivity contribution is -0.131. The minimum atomic E-state index is -0.731. The van der Waals surface area contributed by atoms with Crippen LogP contribution in [-0.2, 0) is 15.6 Å². The number of amides is 1. The molecule has 110 valence electrons. The van der Waals surface area contributed by atoms with Gasteiger partial charge in [-0.05, 0) is 25.0 Å². The summed E-state index contributed by atoms with van der Waals surface area (Å²) < 4.78 is 16.9. The van der Waals surface area contributed by atoms with Crippen LogP contribution in [0.4, 0.5) is 0 Å². The topological polar surface area (TPSA) is 46.6 Å². The molecule has 5 heteroatoms. The summed E-state index contributed by atoms with van der Waals surface area (Å²) >= 11 is 0. The maximum absolute atomic E-state index is 12.0. The van der Waals surface area contributed by atoms with E-state index in [-0.39, 0.29) is 5.91 Å². The number of nitrogens with zero attached hydrogens (tertiary/aromatic N) is 1. The Hall–Kier alpha value is -1.36. The van der Waals surface area contributed by atoms with E-state index in [1.165, 1.54) is 0 Å². The van der Waals surface area contributed by atoms with Crippen LogP contribution >= 0.6 is 0 Å². The van der Waals surface area contributed by atoms with Gasteiger partial charge in [-0.3, -0.25) is 9.00 Å². The summed E-state index contributed by atoms with van der Waals surface area (Å²) in [5.74, 6) is 2.26. The standard InChI is InChI=1S/C15H21NO3S/c1-13-5-2-3-6-14(13)19-10-4-7-15(17)16-8-11-20(18)12-9-16/h2-3,5-6H,4,7-12H2,1H3. The maximum Gasteiger partial charge on any atom is 0.222 e. The molecule has 1 aliphatic rings. The summed E-state index contributed by atoms with van der Waals surface area (Å²) in [7, 11) is -0.731. The van der Waals surface area contributed by atoms with Crippen LogP contribution in [0.15, 0.2) is 24.3 Å². The number of carbonyl (C=O) groups excluding carboxylic acids is 1. The number of carbonyl (C=O) groups is 1. The van der Waals surface area contributed by atoms with Crippen molar-refractivity contribution in [3.63, 3.8) is 0 Å². The van der Waals surface area contributed by atoms with Gasteiger partial charge in [0.1, 0.15) is 5.75 Å². The van der Waals surface area contributed by atoms with Crippen molar-refractivity contribution in [1.82, 2.24) is 4.90 Å². The minimum absolute atomic E-state index is 0.148. The number of hydrogen-bond donors (Lipinski definition) is 0. The van der Waals surface area contributed by atoms with E-state index in [1.807, 2.05) is 36.1 Å². The fourth-order valence-electron chi connectivity index (χ4n) is 2.17. The van der Waals surface area contributed by atoms with Crippen LogP contribution in [-0.4, -0.2) is 46.2 Å². The Bertz CT molecular complexity index is 480. The Kier molecular flexibility index (Phi) is 5.59. The first-order chi connectivity index (χ1) is 9.66. The monoisotopic (exact) mass is 295 g/mol. The maximum atomic E-state index is 12.0. The van der Waals surface area contributed by atoms with Gasteiger partial charge in [-0.15, -0.1) is 0 Å². The Morgan fingerprint density at radius 1 is 1.30 bits per heavy atom. The molecule has 20 heavy (non-hydrogen) atoms. The Labute approximate surface area is 122 Å². The van der Waals surface area contributed by atoms with Crippen molar-refractivity contribution in [2.24, 2.45) is 0 Å². The van der Waals surface area contributed by atoms with Crippen LogP contribution in [0, 0.1) is 6.92 Å². The van der Waals surface area contributed by atoms with E-state index >= 15 is 0 Å². The number of para-hydroxylation sites is 1. The molecule has 0 aliphatic carbocycles. The van der Waals surface area contributed by atoms with Gasteiger partial charge < -0.3 is 9.64 Å². The van der Waals surface area contributed by atoms with Crippen molar-refractivity contribution in [3.05, 3.63) is 29.8 Å². The molecule has 1 amide bonds. The number of hydrogen-bond acceptors (Lipinski definition) is 3. The lowest BCUT2D eigenvalue weighted by Crippen LogP contribution is -2.41. The lowest BCUT2D eigenvalue weighted by Gasteiger charge is -2.26. The molecule has 1 aromatic rings. The van der Waals surface area contributed by atoms with Crippen molar-refractivity contribution >= 4 is 16.7 Å². The van der Waals surface area contributed by atoms with Gasteiger partial charge in [0.15, 0.2) is 0 Å². The van der Waals surface area contributed by atoms with Gasteiger partial charge in [-0.25, -0.2) is 0 Å². The second-order valence-corrected chi connectivity index (χ2v) is 6.64. The number of aryl methyl sites for hydroxylation is 1. The molecule has 2 rings (SSSR count). The fourth-order valence-corrected chi connectivity index (χ4v) is 3.22. The predicted molar refractivity (Wildman–Crippen MR) is 80.4 cm³/mol. The Balaban J connectivity index is 1.67. The highest BCUT2D eigenvalue weighted by Gasteiger charge is 2.19. The average molecular weight is 295 g/mol. The molecule has 0 spiro atoms. The smallest absolute Gasteiger partial charge is 0.222 e. The third-order valence-corrected chi connectivity index (χ3v) is 4.69. The van der Waals surface area contributed by atoms with Crippen LogP contribution in [0.25, 0.3) is 0 Å². The fraction of sp³-hybridized carbons (Fsp3) is 0.533. The van der Waals surface area contributed by atoms with Gasteiger partial charge in [0.25, 0.3) is 0 Å². The van der Waals surface area contributed by atoms with E-state index < -0.39 is 10.8 Å². The zero-order valence-electron chi connectivity index (χ0n) is 11.8.